The molecule has 0 aliphatic rings. The number of halogens is 8. The van der Waals surface area contributed by atoms with Gasteiger partial charge in [0.05, 0.1) is 4.90 Å². The van der Waals surface area contributed by atoms with Crippen molar-refractivity contribution < 1.29 is 60.7 Å². The number of rotatable bonds is 3. The van der Waals surface area contributed by atoms with Crippen molar-refractivity contribution in [3.8, 4) is 0 Å². The van der Waals surface area contributed by atoms with Crippen molar-refractivity contribution in [2.75, 3.05) is 0 Å². The van der Waals surface area contributed by atoms with Crippen molar-refractivity contribution in [1.82, 2.24) is 0 Å². The van der Waals surface area contributed by atoms with Crippen LogP contribution in [0.5, 0.6) is 0 Å². The SMILES string of the molecule is O=S(=O)(O)c1c(F)c(F)c(F)c(F)c1F.O=S(=O)(OC(F)(F)F)c1ccccc1. The van der Waals surface area contributed by atoms with Crippen molar-refractivity contribution in [3.63, 3.8) is 0 Å². The maximum Gasteiger partial charge on any atom is 0.537 e. The van der Waals surface area contributed by atoms with Crippen molar-refractivity contribution in [1.29, 1.82) is 0 Å². The molecule has 1 N–H and O–H groups in total. The zero-order valence-electron chi connectivity index (χ0n) is 13.2. The van der Waals surface area contributed by atoms with Crippen LogP contribution in [0, 0.1) is 29.1 Å². The summed E-state index contributed by atoms with van der Waals surface area (Å²) in [7, 11) is -10.3. The summed E-state index contributed by atoms with van der Waals surface area (Å²) in [6, 6.07) is 6.11. The number of alkyl halides is 3. The normalized spacial score (nSPS) is 12.3. The molecule has 0 saturated carbocycles. The van der Waals surface area contributed by atoms with E-state index in [-0.39, 0.29) is 0 Å². The lowest BCUT2D eigenvalue weighted by Crippen LogP contribution is -2.19. The van der Waals surface area contributed by atoms with Gasteiger partial charge in [0.1, 0.15) is 0 Å². The highest BCUT2D eigenvalue weighted by Gasteiger charge is 2.37. The van der Waals surface area contributed by atoms with Crippen LogP contribution in [0.4, 0.5) is 35.1 Å². The van der Waals surface area contributed by atoms with Crippen molar-refractivity contribution >= 4 is 20.2 Å². The molecule has 0 aliphatic heterocycles. The van der Waals surface area contributed by atoms with Gasteiger partial charge >= 0.3 is 26.6 Å². The molecule has 29 heavy (non-hydrogen) atoms. The van der Waals surface area contributed by atoms with Gasteiger partial charge in [0.2, 0.25) is 5.82 Å². The van der Waals surface area contributed by atoms with Crippen LogP contribution in [0.2, 0.25) is 0 Å². The van der Waals surface area contributed by atoms with Gasteiger partial charge in [-0.25, -0.2) is 22.0 Å². The van der Waals surface area contributed by atoms with Crippen LogP contribution in [0.3, 0.4) is 0 Å². The van der Waals surface area contributed by atoms with E-state index in [9.17, 15) is 52.0 Å². The molecule has 0 spiro atoms. The molecule has 0 fully saturated rings. The van der Waals surface area contributed by atoms with E-state index in [1.807, 2.05) is 0 Å². The topological polar surface area (TPSA) is 97.7 Å². The minimum absolute atomic E-state index is 0.530. The van der Waals surface area contributed by atoms with Gasteiger partial charge in [0, 0.05) is 0 Å². The summed E-state index contributed by atoms with van der Waals surface area (Å²) in [5.41, 5.74) is 0. The van der Waals surface area contributed by atoms with Gasteiger partial charge in [-0.15, -0.1) is 13.2 Å². The van der Waals surface area contributed by atoms with Gasteiger partial charge in [0.15, 0.2) is 28.2 Å². The van der Waals surface area contributed by atoms with Gasteiger partial charge in [-0.2, -0.15) is 21.0 Å². The molecule has 0 aromatic heterocycles. The van der Waals surface area contributed by atoms with Gasteiger partial charge in [-0.05, 0) is 12.1 Å². The van der Waals surface area contributed by atoms with Crippen LogP contribution in [0.1, 0.15) is 0 Å². The molecule has 0 aliphatic carbocycles. The summed E-state index contributed by atoms with van der Waals surface area (Å²) in [5.74, 6) is -12.6. The third kappa shape index (κ3) is 6.34. The predicted octanol–water partition coefficient (Wildman–Crippen LogP) is 3.54. The first-order valence-corrected chi connectivity index (χ1v) is 9.40. The molecule has 0 bridgehead atoms. The summed E-state index contributed by atoms with van der Waals surface area (Å²) >= 11 is 0. The first-order chi connectivity index (χ1) is 13.0. The fourth-order valence-corrected chi connectivity index (χ4v) is 3.04. The smallest absolute Gasteiger partial charge is 0.282 e. The summed E-state index contributed by atoms with van der Waals surface area (Å²) < 4.78 is 151. The fraction of sp³-hybridized carbons (Fsp3) is 0.0769. The Kier molecular flexibility index (Phi) is 7.34. The Bertz CT molecular complexity index is 1070. The van der Waals surface area contributed by atoms with E-state index in [1.165, 1.54) is 18.2 Å². The second-order valence-corrected chi connectivity index (χ2v) is 7.58. The van der Waals surface area contributed by atoms with E-state index in [0.29, 0.717) is 0 Å². The van der Waals surface area contributed by atoms with E-state index < -0.39 is 65.5 Å². The third-order valence-electron chi connectivity index (χ3n) is 2.66. The Morgan fingerprint density at radius 3 is 1.45 bits per heavy atom. The largest absolute Gasteiger partial charge is 0.537 e. The molecular formula is C13H6F8O6S2. The second kappa shape index (κ2) is 8.60. The molecule has 2 aromatic rings. The lowest BCUT2D eigenvalue weighted by Gasteiger charge is -2.07. The highest BCUT2D eigenvalue weighted by Crippen LogP contribution is 2.26. The number of hydrogen-bond donors (Lipinski definition) is 1. The van der Waals surface area contributed by atoms with Crippen molar-refractivity contribution in [2.45, 2.75) is 16.2 Å². The van der Waals surface area contributed by atoms with E-state index in [1.54, 1.807) is 0 Å². The molecule has 0 unspecified atom stereocenters. The molecule has 2 aromatic carbocycles. The van der Waals surface area contributed by atoms with E-state index in [0.717, 1.165) is 12.1 Å². The molecule has 0 saturated heterocycles. The zero-order chi connectivity index (χ0) is 22.8. The second-order valence-electron chi connectivity index (χ2n) is 4.67. The van der Waals surface area contributed by atoms with Crippen LogP contribution >= 0.6 is 0 Å². The summed E-state index contributed by atoms with van der Waals surface area (Å²) in [6.07, 6.45) is -5.20. The third-order valence-corrected chi connectivity index (χ3v) is 4.80. The van der Waals surface area contributed by atoms with Gasteiger partial charge in [0.25, 0.3) is 0 Å². The molecule has 162 valence electrons. The Labute approximate surface area is 157 Å². The standard InChI is InChI=1S/C7H5F3O3S.C6HF5O3S/c8-7(9,10)13-14(11,12)6-4-2-1-3-5-6;7-1-2(8)4(10)6(15(12,13)14)5(11)3(1)9/h1-5H;(H,12,13,14). The number of benzene rings is 2. The zero-order valence-corrected chi connectivity index (χ0v) is 14.8. The van der Waals surface area contributed by atoms with E-state index >= 15 is 0 Å². The average Bonchev–Trinajstić information content (AvgIpc) is 2.56. The van der Waals surface area contributed by atoms with E-state index in [2.05, 4.69) is 4.18 Å². The lowest BCUT2D eigenvalue weighted by atomic mass is 10.3. The minimum atomic E-state index is -5.52. The quantitative estimate of drug-likeness (QED) is 0.240. The Balaban J connectivity index is 0.000000291. The minimum Gasteiger partial charge on any atom is -0.282 e. The number of hydrogen-bond acceptors (Lipinski definition) is 5. The average molecular weight is 474 g/mol. The Morgan fingerprint density at radius 2 is 1.10 bits per heavy atom. The first kappa shape index (κ1) is 24.7. The van der Waals surface area contributed by atoms with Crippen LogP contribution in [-0.4, -0.2) is 27.8 Å². The molecule has 0 radical (unpaired) electrons. The van der Waals surface area contributed by atoms with Crippen molar-refractivity contribution in [3.05, 3.63) is 59.4 Å². The monoisotopic (exact) mass is 474 g/mol. The predicted molar refractivity (Wildman–Crippen MR) is 76.8 cm³/mol. The molecule has 6 nitrogen and oxygen atoms in total. The van der Waals surface area contributed by atoms with Crippen LogP contribution in [-0.2, 0) is 24.4 Å². The molecule has 0 amide bonds. The van der Waals surface area contributed by atoms with E-state index in [4.69, 9.17) is 4.55 Å². The van der Waals surface area contributed by atoms with Crippen molar-refractivity contribution in [2.24, 2.45) is 0 Å². The summed E-state index contributed by atoms with van der Waals surface area (Å²) in [4.78, 5) is -2.80. The van der Waals surface area contributed by atoms with Gasteiger partial charge in [-0.1, -0.05) is 18.2 Å². The molecule has 16 heteroatoms. The molecule has 0 atom stereocenters. The van der Waals surface area contributed by atoms with Crippen LogP contribution < -0.4 is 0 Å². The molecular weight excluding hydrogens is 468 g/mol. The molecule has 2 rings (SSSR count). The Morgan fingerprint density at radius 1 is 0.724 bits per heavy atom. The molecule has 0 heterocycles. The summed E-state index contributed by atoms with van der Waals surface area (Å²) in [6.45, 7) is 0. The highest BCUT2D eigenvalue weighted by atomic mass is 32.2. The Hall–Kier alpha value is -2.30. The fourth-order valence-electron chi connectivity index (χ4n) is 1.57. The maximum atomic E-state index is 12.6. The lowest BCUT2D eigenvalue weighted by molar-refractivity contribution is -0.271. The van der Waals surface area contributed by atoms with Gasteiger partial charge in [-0.3, -0.25) is 4.55 Å². The maximum absolute atomic E-state index is 12.6. The summed E-state index contributed by atoms with van der Waals surface area (Å²) in [5, 5.41) is 0. The van der Waals surface area contributed by atoms with Gasteiger partial charge < -0.3 is 0 Å². The van der Waals surface area contributed by atoms with Crippen LogP contribution in [0.25, 0.3) is 0 Å². The highest BCUT2D eigenvalue weighted by molar-refractivity contribution is 7.86. The van der Waals surface area contributed by atoms with Crippen LogP contribution in [0.15, 0.2) is 40.1 Å². The first-order valence-electron chi connectivity index (χ1n) is 6.55.